The van der Waals surface area contributed by atoms with Crippen LogP contribution in [0.5, 0.6) is 11.6 Å². The van der Waals surface area contributed by atoms with Gasteiger partial charge in [0.2, 0.25) is 5.88 Å². The molecule has 2 aromatic rings. The van der Waals surface area contributed by atoms with E-state index in [-0.39, 0.29) is 11.8 Å². The number of benzene rings is 1. The van der Waals surface area contributed by atoms with Crippen molar-refractivity contribution in [2.45, 2.75) is 44.6 Å². The topological polar surface area (TPSA) is 85.4 Å². The normalized spacial score (nSPS) is 16.1. The fourth-order valence-corrected chi connectivity index (χ4v) is 3.87. The van der Waals surface area contributed by atoms with Crippen LogP contribution in [0.4, 0.5) is 0 Å². The van der Waals surface area contributed by atoms with Gasteiger partial charge >= 0.3 is 0 Å². The summed E-state index contributed by atoms with van der Waals surface area (Å²) in [6.07, 6.45) is 7.11. The van der Waals surface area contributed by atoms with Crippen LogP contribution in [0.15, 0.2) is 53.9 Å². The number of hydrogen-bond acceptors (Lipinski definition) is 5. The Labute approximate surface area is 171 Å². The highest BCUT2D eigenvalue weighted by molar-refractivity contribution is 7.93. The van der Waals surface area contributed by atoms with Crippen molar-refractivity contribution in [2.75, 3.05) is 6.26 Å². The molecule has 0 bridgehead atoms. The zero-order chi connectivity index (χ0) is 20.9. The van der Waals surface area contributed by atoms with Gasteiger partial charge in [0.25, 0.3) is 5.91 Å². The Bertz CT molecular complexity index is 981. The number of pyridine rings is 1. The van der Waals surface area contributed by atoms with Crippen LogP contribution in [-0.2, 0) is 9.84 Å². The molecule has 1 aliphatic carbocycles. The molecular weight excluding hydrogens is 388 g/mol. The van der Waals surface area contributed by atoms with Crippen molar-refractivity contribution in [3.8, 4) is 11.6 Å². The van der Waals surface area contributed by atoms with Gasteiger partial charge < -0.3 is 10.1 Å². The Morgan fingerprint density at radius 1 is 1.17 bits per heavy atom. The molecule has 0 aliphatic heterocycles. The number of para-hydroxylation sites is 1. The summed E-state index contributed by atoms with van der Waals surface area (Å²) in [6, 6.07) is 12.4. The molecule has 6 nitrogen and oxygen atoms in total. The van der Waals surface area contributed by atoms with Gasteiger partial charge in [0, 0.05) is 29.3 Å². The molecule has 1 fully saturated rings. The summed E-state index contributed by atoms with van der Waals surface area (Å²) >= 11 is 0. The van der Waals surface area contributed by atoms with Gasteiger partial charge in [-0.3, -0.25) is 4.79 Å². The Morgan fingerprint density at radius 3 is 2.52 bits per heavy atom. The lowest BCUT2D eigenvalue weighted by molar-refractivity contribution is 0.0944. The van der Waals surface area contributed by atoms with Crippen molar-refractivity contribution in [3.63, 3.8) is 0 Å². The van der Waals surface area contributed by atoms with Crippen LogP contribution < -0.4 is 10.1 Å². The molecule has 1 saturated carbocycles. The molecule has 1 aromatic carbocycles. The minimum atomic E-state index is -3.25. The second kappa shape index (κ2) is 9.22. The summed E-state index contributed by atoms with van der Waals surface area (Å²) < 4.78 is 28.5. The van der Waals surface area contributed by atoms with Gasteiger partial charge in [0.15, 0.2) is 9.84 Å². The number of nitrogens with one attached hydrogen (secondary N) is 1. The van der Waals surface area contributed by atoms with Crippen molar-refractivity contribution in [2.24, 2.45) is 0 Å². The maximum atomic E-state index is 12.8. The molecule has 1 unspecified atom stereocenters. The van der Waals surface area contributed by atoms with Crippen LogP contribution in [0, 0.1) is 0 Å². The lowest BCUT2D eigenvalue weighted by Crippen LogP contribution is -2.31. The maximum Gasteiger partial charge on any atom is 0.257 e. The molecule has 1 amide bonds. The summed E-state index contributed by atoms with van der Waals surface area (Å²) in [6.45, 7) is 1.71. The Morgan fingerprint density at radius 2 is 1.86 bits per heavy atom. The van der Waals surface area contributed by atoms with E-state index < -0.39 is 15.9 Å². The number of amides is 1. The van der Waals surface area contributed by atoms with Gasteiger partial charge in [-0.1, -0.05) is 37.1 Å². The van der Waals surface area contributed by atoms with E-state index in [4.69, 9.17) is 4.74 Å². The number of carbonyl (C=O) groups is 1. The van der Waals surface area contributed by atoms with Gasteiger partial charge in [-0.05, 0) is 44.0 Å². The minimum absolute atomic E-state index is 0.261. The van der Waals surface area contributed by atoms with E-state index in [9.17, 15) is 13.2 Å². The highest BCUT2D eigenvalue weighted by atomic mass is 32.2. The minimum Gasteiger partial charge on any atom is -0.438 e. The number of aromatic nitrogens is 1. The van der Waals surface area contributed by atoms with Crippen LogP contribution >= 0.6 is 0 Å². The molecule has 1 N–H and O–H groups in total. The van der Waals surface area contributed by atoms with Gasteiger partial charge in [-0.25, -0.2) is 13.4 Å². The molecule has 154 valence electrons. The summed E-state index contributed by atoms with van der Waals surface area (Å²) in [5.41, 5.74) is 1.25. The molecule has 1 heterocycles. The predicted octanol–water partition coefficient (Wildman–Crippen LogP) is 4.21. The first-order valence-corrected chi connectivity index (χ1v) is 11.7. The monoisotopic (exact) mass is 414 g/mol. The van der Waals surface area contributed by atoms with E-state index in [1.165, 1.54) is 18.9 Å². The summed E-state index contributed by atoms with van der Waals surface area (Å²) in [5.74, 6) is 0.883. The van der Waals surface area contributed by atoms with E-state index in [1.807, 2.05) is 36.4 Å². The standard InChI is InChI=1S/C22H26N2O4S/c1-16(14-15-29(2,26)27)23-21(25)19-12-13-20(17-8-6-7-9-17)24-22(19)28-18-10-4-3-5-11-18/h3-5,10-17H,6-9H2,1-2H3,(H,23,25)/b15-14+. The number of hydrogen-bond donors (Lipinski definition) is 1. The molecule has 7 heteroatoms. The average Bonchev–Trinajstić information content (AvgIpc) is 3.21. The van der Waals surface area contributed by atoms with Crippen LogP contribution in [-0.4, -0.2) is 31.6 Å². The highest BCUT2D eigenvalue weighted by Crippen LogP contribution is 2.35. The van der Waals surface area contributed by atoms with E-state index in [0.29, 0.717) is 17.2 Å². The number of carbonyl (C=O) groups excluding carboxylic acids is 1. The first-order chi connectivity index (χ1) is 13.8. The smallest absolute Gasteiger partial charge is 0.257 e. The van der Waals surface area contributed by atoms with Gasteiger partial charge in [0.05, 0.1) is 0 Å². The third kappa shape index (κ3) is 6.15. The summed E-state index contributed by atoms with van der Waals surface area (Å²) in [5, 5.41) is 3.86. The lowest BCUT2D eigenvalue weighted by atomic mass is 10.0. The zero-order valence-corrected chi connectivity index (χ0v) is 17.5. The van der Waals surface area contributed by atoms with Crippen LogP contribution in [0.25, 0.3) is 0 Å². The number of ether oxygens (including phenoxy) is 1. The largest absolute Gasteiger partial charge is 0.438 e. The van der Waals surface area contributed by atoms with Gasteiger partial charge in [0.1, 0.15) is 11.3 Å². The third-order valence-corrected chi connectivity index (χ3v) is 5.48. The molecule has 0 saturated heterocycles. The number of sulfone groups is 1. The highest BCUT2D eigenvalue weighted by Gasteiger charge is 2.22. The summed E-state index contributed by atoms with van der Waals surface area (Å²) in [7, 11) is -3.25. The van der Waals surface area contributed by atoms with Gasteiger partial charge in [-0.2, -0.15) is 0 Å². The molecular formula is C22H26N2O4S. The number of rotatable bonds is 7. The third-order valence-electron chi connectivity index (χ3n) is 4.83. The van der Waals surface area contributed by atoms with Crippen LogP contribution in [0.3, 0.4) is 0 Å². The molecule has 1 aromatic heterocycles. The second-order valence-electron chi connectivity index (χ2n) is 7.41. The van der Waals surface area contributed by atoms with E-state index in [0.717, 1.165) is 30.2 Å². The van der Waals surface area contributed by atoms with Gasteiger partial charge in [-0.15, -0.1) is 0 Å². The summed E-state index contributed by atoms with van der Waals surface area (Å²) in [4.78, 5) is 17.5. The molecule has 1 atom stereocenters. The van der Waals surface area contributed by atoms with Crippen molar-refractivity contribution < 1.29 is 17.9 Å². The second-order valence-corrected chi connectivity index (χ2v) is 9.34. The fraction of sp³-hybridized carbons (Fsp3) is 0.364. The van der Waals surface area contributed by atoms with Crippen LogP contribution in [0.1, 0.15) is 54.6 Å². The average molecular weight is 415 g/mol. The molecule has 3 rings (SSSR count). The number of nitrogens with zero attached hydrogens (tertiary/aromatic N) is 1. The Kier molecular flexibility index (Phi) is 6.69. The Balaban J connectivity index is 1.85. The molecule has 0 spiro atoms. The van der Waals surface area contributed by atoms with E-state index in [2.05, 4.69) is 10.3 Å². The van der Waals surface area contributed by atoms with E-state index >= 15 is 0 Å². The predicted molar refractivity (Wildman–Crippen MR) is 113 cm³/mol. The molecule has 0 radical (unpaired) electrons. The molecule has 1 aliphatic rings. The van der Waals surface area contributed by atoms with Crippen molar-refractivity contribution in [1.29, 1.82) is 0 Å². The quantitative estimate of drug-likeness (QED) is 0.734. The fourth-order valence-electron chi connectivity index (χ4n) is 3.35. The first kappa shape index (κ1) is 21.0. The van der Waals surface area contributed by atoms with Crippen molar-refractivity contribution >= 4 is 15.7 Å². The Hall–Kier alpha value is -2.67. The maximum absolute atomic E-state index is 12.8. The van der Waals surface area contributed by atoms with Crippen molar-refractivity contribution in [3.05, 3.63) is 65.2 Å². The van der Waals surface area contributed by atoms with Crippen LogP contribution in [0.2, 0.25) is 0 Å². The lowest BCUT2D eigenvalue weighted by Gasteiger charge is -2.16. The SMILES string of the molecule is CC(/C=C/S(C)(=O)=O)NC(=O)c1ccc(C2CCCC2)nc1Oc1ccccc1. The van der Waals surface area contributed by atoms with Crippen molar-refractivity contribution in [1.82, 2.24) is 10.3 Å². The first-order valence-electron chi connectivity index (χ1n) is 9.75. The van der Waals surface area contributed by atoms with E-state index in [1.54, 1.807) is 13.0 Å². The zero-order valence-electron chi connectivity index (χ0n) is 16.7. The molecule has 29 heavy (non-hydrogen) atoms.